The van der Waals surface area contributed by atoms with E-state index in [0.29, 0.717) is 22.8 Å². The molecule has 0 atom stereocenters. The molecule has 140 valence electrons. The van der Waals surface area contributed by atoms with Crippen molar-refractivity contribution in [1.29, 1.82) is 0 Å². The van der Waals surface area contributed by atoms with Gasteiger partial charge in [-0.15, -0.1) is 0 Å². The van der Waals surface area contributed by atoms with Crippen LogP contribution in [0.25, 0.3) is 0 Å². The molecule has 0 aliphatic heterocycles. The zero-order valence-electron chi connectivity index (χ0n) is 15.1. The second-order valence-electron chi connectivity index (χ2n) is 6.24. The highest BCUT2D eigenvalue weighted by Gasteiger charge is 2.18. The van der Waals surface area contributed by atoms with E-state index >= 15 is 0 Å². The molecule has 0 aliphatic carbocycles. The fourth-order valence-corrected chi connectivity index (χ4v) is 3.67. The molecule has 2 rings (SSSR count). The molecule has 2 aromatic carbocycles. The number of carbonyl (C=O) groups is 1. The first kappa shape index (κ1) is 20.3. The SMILES string of the molecule is Cc1ccc(N(CCCC(=O)Nc2ccccc2Cl)S(C)(=O)=O)cc1C. The van der Waals surface area contributed by atoms with Crippen molar-refractivity contribution in [1.82, 2.24) is 0 Å². The summed E-state index contributed by atoms with van der Waals surface area (Å²) in [7, 11) is -3.43. The van der Waals surface area contributed by atoms with Crippen LogP contribution in [0, 0.1) is 13.8 Å². The van der Waals surface area contributed by atoms with Crippen LogP contribution in [0.3, 0.4) is 0 Å². The van der Waals surface area contributed by atoms with Gasteiger partial charge in [-0.25, -0.2) is 8.42 Å². The highest BCUT2D eigenvalue weighted by Crippen LogP contribution is 2.23. The van der Waals surface area contributed by atoms with Crippen molar-refractivity contribution < 1.29 is 13.2 Å². The number of para-hydroxylation sites is 1. The number of nitrogens with zero attached hydrogens (tertiary/aromatic N) is 1. The average Bonchev–Trinajstić information content (AvgIpc) is 2.55. The van der Waals surface area contributed by atoms with Gasteiger partial charge in [0.15, 0.2) is 0 Å². The number of sulfonamides is 1. The third-order valence-corrected chi connectivity index (χ3v) is 5.62. The maximum absolute atomic E-state index is 12.1. The van der Waals surface area contributed by atoms with Crippen LogP contribution >= 0.6 is 11.6 Å². The summed E-state index contributed by atoms with van der Waals surface area (Å²) >= 11 is 6.02. The molecule has 0 saturated heterocycles. The molecular formula is C19H23ClN2O3S. The van der Waals surface area contributed by atoms with Crippen molar-refractivity contribution in [3.63, 3.8) is 0 Å². The topological polar surface area (TPSA) is 66.5 Å². The lowest BCUT2D eigenvalue weighted by Crippen LogP contribution is -2.31. The third-order valence-electron chi connectivity index (χ3n) is 4.09. The molecule has 0 radical (unpaired) electrons. The molecule has 0 aromatic heterocycles. The molecule has 2 aromatic rings. The van der Waals surface area contributed by atoms with Gasteiger partial charge in [0.25, 0.3) is 0 Å². The van der Waals surface area contributed by atoms with Crippen LogP contribution in [0.2, 0.25) is 5.02 Å². The Kier molecular flexibility index (Phi) is 6.67. The Hall–Kier alpha value is -2.05. The lowest BCUT2D eigenvalue weighted by Gasteiger charge is -2.23. The molecule has 0 spiro atoms. The number of carbonyl (C=O) groups excluding carboxylic acids is 1. The number of nitrogens with one attached hydrogen (secondary N) is 1. The van der Waals surface area contributed by atoms with Gasteiger partial charge in [-0.05, 0) is 55.7 Å². The molecule has 26 heavy (non-hydrogen) atoms. The van der Waals surface area contributed by atoms with E-state index in [-0.39, 0.29) is 18.9 Å². The minimum absolute atomic E-state index is 0.197. The van der Waals surface area contributed by atoms with E-state index in [4.69, 9.17) is 11.6 Å². The molecule has 7 heteroatoms. The number of amides is 1. The maximum atomic E-state index is 12.1. The molecule has 0 bridgehead atoms. The average molecular weight is 395 g/mol. The number of hydrogen-bond donors (Lipinski definition) is 1. The van der Waals surface area contributed by atoms with E-state index < -0.39 is 10.0 Å². The molecule has 1 amide bonds. The predicted octanol–water partition coefficient (Wildman–Crippen LogP) is 4.14. The molecule has 5 nitrogen and oxygen atoms in total. The molecule has 0 fully saturated rings. The van der Waals surface area contributed by atoms with Crippen molar-refractivity contribution in [3.8, 4) is 0 Å². The van der Waals surface area contributed by atoms with E-state index in [1.54, 1.807) is 30.3 Å². The van der Waals surface area contributed by atoms with Crippen LogP contribution < -0.4 is 9.62 Å². The second kappa shape index (κ2) is 8.56. The molecule has 0 heterocycles. The van der Waals surface area contributed by atoms with Gasteiger partial charge in [0.05, 0.1) is 22.7 Å². The summed E-state index contributed by atoms with van der Waals surface area (Å²) in [6.07, 6.45) is 1.77. The van der Waals surface area contributed by atoms with E-state index in [0.717, 1.165) is 11.1 Å². The van der Waals surface area contributed by atoms with E-state index in [2.05, 4.69) is 5.32 Å². The molecule has 1 N–H and O–H groups in total. The molecule has 0 aliphatic rings. The third kappa shape index (κ3) is 5.47. The largest absolute Gasteiger partial charge is 0.325 e. The first-order chi connectivity index (χ1) is 12.2. The number of benzene rings is 2. The van der Waals surface area contributed by atoms with Gasteiger partial charge in [-0.3, -0.25) is 9.10 Å². The Bertz CT molecular complexity index is 897. The summed E-state index contributed by atoms with van der Waals surface area (Å²) in [4.78, 5) is 12.1. The zero-order chi connectivity index (χ0) is 19.3. The van der Waals surface area contributed by atoms with Gasteiger partial charge in [0, 0.05) is 13.0 Å². The van der Waals surface area contributed by atoms with Gasteiger partial charge in [-0.2, -0.15) is 0 Å². The summed E-state index contributed by atoms with van der Waals surface area (Å²) in [6, 6.07) is 12.5. The fraction of sp³-hybridized carbons (Fsp3) is 0.316. The van der Waals surface area contributed by atoms with Gasteiger partial charge >= 0.3 is 0 Å². The van der Waals surface area contributed by atoms with Crippen LogP contribution in [0.4, 0.5) is 11.4 Å². The van der Waals surface area contributed by atoms with E-state index in [1.165, 1.54) is 10.6 Å². The zero-order valence-corrected chi connectivity index (χ0v) is 16.7. The van der Waals surface area contributed by atoms with Crippen LogP contribution in [0.15, 0.2) is 42.5 Å². The summed E-state index contributed by atoms with van der Waals surface area (Å²) in [5.74, 6) is -0.202. The maximum Gasteiger partial charge on any atom is 0.232 e. The molecular weight excluding hydrogens is 372 g/mol. The standard InChI is InChI=1S/C19H23ClN2O3S/c1-14-10-11-16(13-15(14)2)22(26(3,24)25)12-6-9-19(23)21-18-8-5-4-7-17(18)20/h4-5,7-8,10-11,13H,6,9,12H2,1-3H3,(H,21,23). The van der Waals surface area contributed by atoms with Crippen LogP contribution in [0.1, 0.15) is 24.0 Å². The molecule has 0 saturated carbocycles. The van der Waals surface area contributed by atoms with Crippen LogP contribution in [-0.2, 0) is 14.8 Å². The lowest BCUT2D eigenvalue weighted by atomic mass is 10.1. The Morgan fingerprint density at radius 3 is 2.42 bits per heavy atom. The van der Waals surface area contributed by atoms with Crippen molar-refractivity contribution >= 4 is 38.9 Å². The van der Waals surface area contributed by atoms with Crippen molar-refractivity contribution in [2.45, 2.75) is 26.7 Å². The first-order valence-electron chi connectivity index (χ1n) is 8.28. The molecule has 0 unspecified atom stereocenters. The van der Waals surface area contributed by atoms with Crippen molar-refractivity contribution in [2.75, 3.05) is 22.4 Å². The van der Waals surface area contributed by atoms with Gasteiger partial charge in [0.2, 0.25) is 15.9 Å². The normalized spacial score (nSPS) is 11.2. The van der Waals surface area contributed by atoms with Gasteiger partial charge in [-0.1, -0.05) is 29.8 Å². The number of anilines is 2. The first-order valence-corrected chi connectivity index (χ1v) is 10.5. The monoisotopic (exact) mass is 394 g/mol. The Labute approximate surface area is 160 Å². The smallest absolute Gasteiger partial charge is 0.232 e. The number of rotatable bonds is 7. The quantitative estimate of drug-likeness (QED) is 0.767. The minimum atomic E-state index is -3.43. The highest BCUT2D eigenvalue weighted by molar-refractivity contribution is 7.92. The van der Waals surface area contributed by atoms with Gasteiger partial charge in [0.1, 0.15) is 0 Å². The fourth-order valence-electron chi connectivity index (χ4n) is 2.53. The lowest BCUT2D eigenvalue weighted by molar-refractivity contribution is -0.116. The summed E-state index contributed by atoms with van der Waals surface area (Å²) in [6.45, 7) is 4.15. The second-order valence-corrected chi connectivity index (χ2v) is 8.55. The summed E-state index contributed by atoms with van der Waals surface area (Å²) in [5, 5.41) is 3.21. The number of halogens is 1. The number of aryl methyl sites for hydroxylation is 2. The van der Waals surface area contributed by atoms with E-state index in [9.17, 15) is 13.2 Å². The van der Waals surface area contributed by atoms with Crippen LogP contribution in [-0.4, -0.2) is 27.1 Å². The van der Waals surface area contributed by atoms with Crippen molar-refractivity contribution in [2.24, 2.45) is 0 Å². The Balaban J connectivity index is 2.01. The summed E-state index contributed by atoms with van der Waals surface area (Å²) in [5.41, 5.74) is 3.28. The van der Waals surface area contributed by atoms with Crippen molar-refractivity contribution in [3.05, 3.63) is 58.6 Å². The Morgan fingerprint density at radius 1 is 1.12 bits per heavy atom. The predicted molar refractivity (Wildman–Crippen MR) is 107 cm³/mol. The highest BCUT2D eigenvalue weighted by atomic mass is 35.5. The van der Waals surface area contributed by atoms with E-state index in [1.807, 2.05) is 26.0 Å². The minimum Gasteiger partial charge on any atom is -0.325 e. The number of hydrogen-bond acceptors (Lipinski definition) is 3. The summed E-state index contributed by atoms with van der Waals surface area (Å²) < 4.78 is 25.6. The van der Waals surface area contributed by atoms with Gasteiger partial charge < -0.3 is 5.32 Å². The van der Waals surface area contributed by atoms with Crippen LogP contribution in [0.5, 0.6) is 0 Å². The Morgan fingerprint density at radius 2 is 1.81 bits per heavy atom.